The van der Waals surface area contributed by atoms with Crippen LogP contribution in [0.5, 0.6) is 0 Å². The molecule has 0 amide bonds. The van der Waals surface area contributed by atoms with Crippen molar-refractivity contribution in [2.24, 2.45) is 0 Å². The summed E-state index contributed by atoms with van der Waals surface area (Å²) in [6.07, 6.45) is 6.52. The highest BCUT2D eigenvalue weighted by molar-refractivity contribution is 7.12. The minimum atomic E-state index is -0.0488. The van der Waals surface area contributed by atoms with Crippen molar-refractivity contribution < 1.29 is 4.79 Å². The first-order valence-corrected chi connectivity index (χ1v) is 8.58. The van der Waals surface area contributed by atoms with Crippen molar-refractivity contribution in [3.63, 3.8) is 0 Å². The van der Waals surface area contributed by atoms with Crippen LogP contribution in [0.1, 0.15) is 20.8 Å². The zero-order valence-corrected chi connectivity index (χ0v) is 14.1. The monoisotopic (exact) mass is 353 g/mol. The molecule has 0 aliphatic carbocycles. The molecule has 0 radical (unpaired) electrons. The van der Waals surface area contributed by atoms with Crippen LogP contribution in [0.4, 0.5) is 0 Å². The van der Waals surface area contributed by atoms with E-state index in [2.05, 4.69) is 20.6 Å². The topological polar surface area (TPSA) is 47.8 Å². The number of nitrogens with zero attached hydrogens (tertiary/aromatic N) is 3. The second-order valence-corrected chi connectivity index (χ2v) is 6.77. The van der Waals surface area contributed by atoms with Gasteiger partial charge in [0.25, 0.3) is 0 Å². The number of hydrogen-bond donors (Lipinski definition) is 0. The van der Waals surface area contributed by atoms with E-state index in [0.717, 1.165) is 16.5 Å². The Balaban J connectivity index is 1.61. The lowest BCUT2D eigenvalue weighted by Crippen LogP contribution is -2.00. The van der Waals surface area contributed by atoms with Crippen LogP contribution in [0.25, 0.3) is 10.9 Å². The first-order chi connectivity index (χ1) is 11.7. The van der Waals surface area contributed by atoms with Gasteiger partial charge in [0, 0.05) is 35.7 Å². The molecule has 4 rings (SSSR count). The van der Waals surface area contributed by atoms with E-state index in [-0.39, 0.29) is 5.78 Å². The average molecular weight is 354 g/mol. The predicted octanol–water partition coefficient (Wildman–Crippen LogP) is 4.43. The van der Waals surface area contributed by atoms with Crippen LogP contribution in [0.2, 0.25) is 5.02 Å². The predicted molar refractivity (Wildman–Crippen MR) is 95.8 cm³/mol. The maximum Gasteiger partial charge on any atom is 0.206 e. The minimum Gasteiger partial charge on any atom is -0.343 e. The average Bonchev–Trinajstić information content (AvgIpc) is 3.23. The maximum atomic E-state index is 12.4. The Morgan fingerprint density at radius 1 is 1.17 bits per heavy atom. The van der Waals surface area contributed by atoms with Crippen molar-refractivity contribution in [3.05, 3.63) is 81.7 Å². The molecule has 3 heterocycles. The fraction of sp³-hybridized carbons (Fsp3) is 0.0556. The standard InChI is InChI=1S/C18H12ClN3OS/c19-15-2-1-13-3-4-22(16(13)6-15)9-12-5-17(24-10-12)18(23)14-7-20-11-21-8-14/h1-8,10-11H,9H2. The number of halogens is 1. The van der Waals surface area contributed by atoms with Gasteiger partial charge in [0.05, 0.1) is 10.4 Å². The van der Waals surface area contributed by atoms with E-state index in [1.165, 1.54) is 30.1 Å². The second-order valence-electron chi connectivity index (χ2n) is 5.42. The number of rotatable bonds is 4. The largest absolute Gasteiger partial charge is 0.343 e. The number of carbonyl (C=O) groups excluding carboxylic acids is 1. The van der Waals surface area contributed by atoms with Crippen LogP contribution in [0, 0.1) is 0 Å². The third-order valence-corrected chi connectivity index (χ3v) is 5.00. The van der Waals surface area contributed by atoms with E-state index in [4.69, 9.17) is 11.6 Å². The normalized spacial score (nSPS) is 11.0. The van der Waals surface area contributed by atoms with Crippen molar-refractivity contribution in [2.45, 2.75) is 6.54 Å². The van der Waals surface area contributed by atoms with Gasteiger partial charge >= 0.3 is 0 Å². The van der Waals surface area contributed by atoms with Crippen LogP contribution in [0.3, 0.4) is 0 Å². The molecule has 0 unspecified atom stereocenters. The van der Waals surface area contributed by atoms with E-state index in [1.54, 1.807) is 0 Å². The molecule has 0 bridgehead atoms. The van der Waals surface area contributed by atoms with E-state index in [0.29, 0.717) is 22.0 Å². The van der Waals surface area contributed by atoms with Crippen LogP contribution in [-0.2, 0) is 6.54 Å². The van der Waals surface area contributed by atoms with Gasteiger partial charge in [-0.1, -0.05) is 17.7 Å². The summed E-state index contributed by atoms with van der Waals surface area (Å²) in [6, 6.07) is 9.84. The van der Waals surface area contributed by atoms with Gasteiger partial charge in [-0.15, -0.1) is 11.3 Å². The summed E-state index contributed by atoms with van der Waals surface area (Å²) in [7, 11) is 0. The molecule has 0 atom stereocenters. The van der Waals surface area contributed by atoms with Crippen LogP contribution < -0.4 is 0 Å². The summed E-state index contributed by atoms with van der Waals surface area (Å²) in [4.78, 5) is 20.9. The smallest absolute Gasteiger partial charge is 0.206 e. The number of ketones is 1. The van der Waals surface area contributed by atoms with E-state index in [9.17, 15) is 4.79 Å². The van der Waals surface area contributed by atoms with E-state index >= 15 is 0 Å². The number of benzene rings is 1. The van der Waals surface area contributed by atoms with Gasteiger partial charge in [0.2, 0.25) is 5.78 Å². The summed E-state index contributed by atoms with van der Waals surface area (Å²) in [5.41, 5.74) is 2.67. The van der Waals surface area contributed by atoms with Gasteiger partial charge in [-0.05, 0) is 40.6 Å². The Kier molecular flexibility index (Phi) is 3.88. The molecule has 4 nitrogen and oxygen atoms in total. The Labute approximate surface area is 147 Å². The number of fused-ring (bicyclic) bond motifs is 1. The molecule has 0 N–H and O–H groups in total. The summed E-state index contributed by atoms with van der Waals surface area (Å²) in [6.45, 7) is 0.693. The fourth-order valence-electron chi connectivity index (χ4n) is 2.63. The van der Waals surface area contributed by atoms with Gasteiger partial charge in [-0.3, -0.25) is 4.79 Å². The van der Waals surface area contributed by atoms with E-state index in [1.807, 2.05) is 35.8 Å². The van der Waals surface area contributed by atoms with Gasteiger partial charge in [0.15, 0.2) is 0 Å². The molecular weight excluding hydrogens is 342 g/mol. The van der Waals surface area contributed by atoms with Crippen LogP contribution >= 0.6 is 22.9 Å². The quantitative estimate of drug-likeness (QED) is 0.510. The van der Waals surface area contributed by atoms with Gasteiger partial charge < -0.3 is 4.57 Å². The van der Waals surface area contributed by atoms with Crippen molar-refractivity contribution in [1.82, 2.24) is 14.5 Å². The van der Waals surface area contributed by atoms with Crippen molar-refractivity contribution in [2.75, 3.05) is 0 Å². The fourth-order valence-corrected chi connectivity index (χ4v) is 3.66. The third-order valence-electron chi connectivity index (χ3n) is 3.79. The van der Waals surface area contributed by atoms with Gasteiger partial charge in [-0.25, -0.2) is 9.97 Å². The molecule has 0 saturated carbocycles. The first-order valence-electron chi connectivity index (χ1n) is 7.32. The van der Waals surface area contributed by atoms with Gasteiger partial charge in [-0.2, -0.15) is 0 Å². The molecule has 24 heavy (non-hydrogen) atoms. The molecule has 0 aliphatic rings. The molecule has 0 aliphatic heterocycles. The minimum absolute atomic E-state index is 0.0488. The Bertz CT molecular complexity index is 1020. The van der Waals surface area contributed by atoms with Gasteiger partial charge in [0.1, 0.15) is 6.33 Å². The lowest BCUT2D eigenvalue weighted by atomic mass is 10.2. The van der Waals surface area contributed by atoms with Crippen LogP contribution in [0.15, 0.2) is 60.6 Å². The van der Waals surface area contributed by atoms with Crippen LogP contribution in [-0.4, -0.2) is 20.3 Å². The van der Waals surface area contributed by atoms with E-state index < -0.39 is 0 Å². The Morgan fingerprint density at radius 2 is 2.00 bits per heavy atom. The SMILES string of the molecule is O=C(c1cncnc1)c1cc(Cn2ccc3ccc(Cl)cc32)cs1. The Hall–Kier alpha value is -2.50. The third kappa shape index (κ3) is 2.84. The molecule has 0 saturated heterocycles. The molecule has 0 spiro atoms. The highest BCUT2D eigenvalue weighted by Crippen LogP contribution is 2.24. The summed E-state index contributed by atoms with van der Waals surface area (Å²) >= 11 is 7.53. The molecule has 6 heteroatoms. The molecule has 118 valence electrons. The Morgan fingerprint density at radius 3 is 2.83 bits per heavy atom. The number of thiophene rings is 1. The number of carbonyl (C=O) groups is 1. The molecule has 1 aromatic carbocycles. The zero-order valence-electron chi connectivity index (χ0n) is 12.5. The highest BCUT2D eigenvalue weighted by atomic mass is 35.5. The summed E-state index contributed by atoms with van der Waals surface area (Å²) < 4.78 is 2.13. The molecular formula is C18H12ClN3OS. The molecule has 4 aromatic rings. The highest BCUT2D eigenvalue weighted by Gasteiger charge is 2.13. The van der Waals surface area contributed by atoms with Crippen molar-refractivity contribution in [3.8, 4) is 0 Å². The summed E-state index contributed by atoms with van der Waals surface area (Å²) in [5.74, 6) is -0.0488. The number of hydrogen-bond acceptors (Lipinski definition) is 4. The van der Waals surface area contributed by atoms with Crippen molar-refractivity contribution in [1.29, 1.82) is 0 Å². The summed E-state index contributed by atoms with van der Waals surface area (Å²) in [5, 5.41) is 3.87. The van der Waals surface area contributed by atoms with Crippen molar-refractivity contribution >= 4 is 39.6 Å². The molecule has 0 fully saturated rings. The lowest BCUT2D eigenvalue weighted by Gasteiger charge is -2.04. The maximum absolute atomic E-state index is 12.4. The first kappa shape index (κ1) is 15.1. The number of aromatic nitrogens is 3. The lowest BCUT2D eigenvalue weighted by molar-refractivity contribution is 0.104. The second kappa shape index (κ2) is 6.19. The molecule has 3 aromatic heterocycles. The zero-order chi connectivity index (χ0) is 16.5.